The summed E-state index contributed by atoms with van der Waals surface area (Å²) in [5.74, 6) is -2.20. The molecule has 0 bridgehead atoms. The van der Waals surface area contributed by atoms with Crippen LogP contribution in [0.2, 0.25) is 0 Å². The van der Waals surface area contributed by atoms with Gasteiger partial charge in [0.05, 0.1) is 18.8 Å². The molecule has 0 heterocycles. The van der Waals surface area contributed by atoms with Crippen LogP contribution in [0.25, 0.3) is 22.3 Å². The molecule has 7 nitrogen and oxygen atoms in total. The van der Waals surface area contributed by atoms with E-state index in [9.17, 15) is 18.8 Å². The third-order valence-corrected chi connectivity index (χ3v) is 6.21. The molecule has 0 saturated heterocycles. The molecule has 0 N–H and O–H groups in total. The second-order valence-electron chi connectivity index (χ2n) is 9.26. The van der Waals surface area contributed by atoms with Gasteiger partial charge in [-0.25, -0.2) is 14.4 Å². The van der Waals surface area contributed by atoms with Gasteiger partial charge in [0.15, 0.2) is 0 Å². The van der Waals surface area contributed by atoms with Crippen LogP contribution in [0.15, 0.2) is 122 Å². The van der Waals surface area contributed by atoms with Crippen LogP contribution in [-0.2, 0) is 14.3 Å². The lowest BCUT2D eigenvalue weighted by molar-refractivity contribution is -0.138. The van der Waals surface area contributed by atoms with Crippen LogP contribution in [0.4, 0.5) is 4.39 Å². The van der Waals surface area contributed by atoms with Crippen molar-refractivity contribution in [3.63, 3.8) is 0 Å². The molecule has 0 radical (unpaired) electrons. The highest BCUT2D eigenvalue weighted by atomic mass is 19.1. The Kier molecular flexibility index (Phi) is 10.6. The summed E-state index contributed by atoms with van der Waals surface area (Å²) in [6.45, 7) is 7.12. The molecule has 0 fully saturated rings. The molecule has 0 aromatic heterocycles. The largest absolute Gasteiger partial charge is 0.494 e. The van der Waals surface area contributed by atoms with E-state index in [0.717, 1.165) is 46.9 Å². The average molecular weight is 581 g/mol. The molecule has 0 aliphatic heterocycles. The summed E-state index contributed by atoms with van der Waals surface area (Å²) in [4.78, 5) is 34.8. The van der Waals surface area contributed by atoms with Gasteiger partial charge in [0, 0.05) is 6.08 Å². The molecule has 4 rings (SSSR count). The van der Waals surface area contributed by atoms with Gasteiger partial charge >= 0.3 is 17.9 Å². The van der Waals surface area contributed by atoms with E-state index in [-0.39, 0.29) is 11.3 Å². The fraction of sp³-hybridized carbons (Fsp3) is 0.114. The highest BCUT2D eigenvalue weighted by Crippen LogP contribution is 2.28. The van der Waals surface area contributed by atoms with Crippen LogP contribution in [0.1, 0.15) is 23.2 Å². The molecule has 0 aliphatic carbocycles. The molecule has 0 aliphatic rings. The maximum absolute atomic E-state index is 12.8. The average Bonchev–Trinajstić information content (AvgIpc) is 3.03. The molecule has 4 aromatic rings. The highest BCUT2D eigenvalue weighted by molar-refractivity contribution is 5.91. The molecule has 4 aromatic carbocycles. The first-order valence-electron chi connectivity index (χ1n) is 13.4. The normalized spacial score (nSPS) is 10.3. The van der Waals surface area contributed by atoms with E-state index in [4.69, 9.17) is 18.9 Å². The minimum atomic E-state index is -1.21. The van der Waals surface area contributed by atoms with E-state index in [1.54, 1.807) is 12.1 Å². The maximum atomic E-state index is 12.8. The molecule has 0 amide bonds. The summed E-state index contributed by atoms with van der Waals surface area (Å²) in [5, 5.41) is 0. The van der Waals surface area contributed by atoms with Crippen molar-refractivity contribution in [1.82, 2.24) is 0 Å². The molecule has 43 heavy (non-hydrogen) atoms. The number of ether oxygens (including phenoxy) is 4. The second kappa shape index (κ2) is 14.9. The van der Waals surface area contributed by atoms with Crippen molar-refractivity contribution in [3.05, 3.63) is 128 Å². The number of hydrogen-bond acceptors (Lipinski definition) is 7. The number of carbonyl (C=O) groups excluding carboxylic acids is 3. The highest BCUT2D eigenvalue weighted by Gasteiger charge is 2.12. The van der Waals surface area contributed by atoms with Gasteiger partial charge in [-0.2, -0.15) is 4.39 Å². The number of esters is 3. The predicted octanol–water partition coefficient (Wildman–Crippen LogP) is 7.52. The zero-order valence-electron chi connectivity index (χ0n) is 23.3. The Morgan fingerprint density at radius 3 is 1.58 bits per heavy atom. The Balaban J connectivity index is 1.27. The van der Waals surface area contributed by atoms with E-state index < -0.39 is 23.7 Å². The lowest BCUT2D eigenvalue weighted by atomic mass is 10.0. The molecule has 0 saturated carbocycles. The maximum Gasteiger partial charge on any atom is 0.371 e. The van der Waals surface area contributed by atoms with Crippen LogP contribution in [-0.4, -0.2) is 31.1 Å². The first-order valence-corrected chi connectivity index (χ1v) is 13.4. The van der Waals surface area contributed by atoms with E-state index in [0.29, 0.717) is 19.0 Å². The summed E-state index contributed by atoms with van der Waals surface area (Å²) in [7, 11) is 0. The summed E-state index contributed by atoms with van der Waals surface area (Å²) in [6.07, 6.45) is 2.64. The summed E-state index contributed by atoms with van der Waals surface area (Å²) in [5.41, 5.74) is 4.30. The van der Waals surface area contributed by atoms with E-state index >= 15 is 0 Å². The van der Waals surface area contributed by atoms with Gasteiger partial charge < -0.3 is 18.9 Å². The molecule has 8 heteroatoms. The fourth-order valence-corrected chi connectivity index (χ4v) is 3.93. The van der Waals surface area contributed by atoms with Gasteiger partial charge in [0.25, 0.3) is 0 Å². The van der Waals surface area contributed by atoms with Gasteiger partial charge in [0.2, 0.25) is 5.83 Å². The molecular formula is C35H29FO7. The van der Waals surface area contributed by atoms with Crippen molar-refractivity contribution >= 4 is 17.9 Å². The number of halogens is 1. The summed E-state index contributed by atoms with van der Waals surface area (Å²) in [6, 6.07) is 28.7. The Labute approximate surface area is 248 Å². The quantitative estimate of drug-likeness (QED) is 0.0700. The topological polar surface area (TPSA) is 88.1 Å². The number of carbonyl (C=O) groups is 3. The van der Waals surface area contributed by atoms with Crippen molar-refractivity contribution in [3.8, 4) is 39.5 Å². The van der Waals surface area contributed by atoms with E-state index in [1.807, 2.05) is 60.7 Å². The standard InChI is InChI=1S/C35H29FO7/c1-3-33(37)41-23-5-4-22-40-30-16-10-27(11-17-30)25-6-8-26(9-7-25)28-12-18-32(19-13-28)43-35(39)29-14-20-31(21-15-29)42-34(38)24(2)36/h3,6-21H,1-2,4-5,22-23H2. The van der Waals surface area contributed by atoms with Gasteiger partial charge in [-0.1, -0.05) is 61.7 Å². The first-order chi connectivity index (χ1) is 20.8. The molecular weight excluding hydrogens is 551 g/mol. The molecule has 0 atom stereocenters. The van der Waals surface area contributed by atoms with Crippen molar-refractivity contribution in [2.24, 2.45) is 0 Å². The zero-order valence-corrected chi connectivity index (χ0v) is 23.3. The van der Waals surface area contributed by atoms with Crippen LogP contribution in [0.5, 0.6) is 17.2 Å². The first kappa shape index (κ1) is 30.5. The van der Waals surface area contributed by atoms with Crippen molar-refractivity contribution in [1.29, 1.82) is 0 Å². The number of benzene rings is 4. The smallest absolute Gasteiger partial charge is 0.371 e. The molecule has 218 valence electrons. The third kappa shape index (κ3) is 8.99. The summed E-state index contributed by atoms with van der Waals surface area (Å²) < 4.78 is 33.7. The van der Waals surface area contributed by atoms with E-state index in [1.165, 1.54) is 24.3 Å². The molecule has 0 spiro atoms. The van der Waals surface area contributed by atoms with Crippen LogP contribution in [0, 0.1) is 0 Å². The number of unbranched alkanes of at least 4 members (excludes halogenated alkanes) is 1. The van der Waals surface area contributed by atoms with Crippen molar-refractivity contribution < 1.29 is 37.7 Å². The Morgan fingerprint density at radius 2 is 1.07 bits per heavy atom. The monoisotopic (exact) mass is 580 g/mol. The zero-order chi connectivity index (χ0) is 30.6. The van der Waals surface area contributed by atoms with Crippen molar-refractivity contribution in [2.75, 3.05) is 13.2 Å². The predicted molar refractivity (Wildman–Crippen MR) is 160 cm³/mol. The van der Waals surface area contributed by atoms with Gasteiger partial charge in [-0.3, -0.25) is 0 Å². The second-order valence-corrected chi connectivity index (χ2v) is 9.26. The van der Waals surface area contributed by atoms with Crippen LogP contribution >= 0.6 is 0 Å². The fourth-order valence-electron chi connectivity index (χ4n) is 3.93. The molecule has 0 unspecified atom stereocenters. The third-order valence-electron chi connectivity index (χ3n) is 6.21. The Morgan fingerprint density at radius 1 is 0.628 bits per heavy atom. The van der Waals surface area contributed by atoms with Crippen molar-refractivity contribution in [2.45, 2.75) is 12.8 Å². The lowest BCUT2D eigenvalue weighted by Gasteiger charge is -2.09. The minimum Gasteiger partial charge on any atom is -0.494 e. The minimum absolute atomic E-state index is 0.0794. The number of hydrogen-bond donors (Lipinski definition) is 0. The lowest BCUT2D eigenvalue weighted by Crippen LogP contribution is -2.10. The van der Waals surface area contributed by atoms with Gasteiger partial charge in [0.1, 0.15) is 17.2 Å². The summed E-state index contributed by atoms with van der Waals surface area (Å²) >= 11 is 0. The SMILES string of the molecule is C=CC(=O)OCCCCOc1ccc(-c2ccc(-c3ccc(OC(=O)c4ccc(OC(=O)C(=C)F)cc4)cc3)cc2)cc1. The Hall–Kier alpha value is -5.50. The van der Waals surface area contributed by atoms with Gasteiger partial charge in [-0.05, 0) is 83.6 Å². The number of rotatable bonds is 13. The Bertz CT molecular complexity index is 1570. The van der Waals surface area contributed by atoms with E-state index in [2.05, 4.69) is 13.2 Å². The van der Waals surface area contributed by atoms with Gasteiger partial charge in [-0.15, -0.1) is 0 Å². The van der Waals surface area contributed by atoms with Crippen LogP contribution < -0.4 is 14.2 Å². The van der Waals surface area contributed by atoms with Crippen LogP contribution in [0.3, 0.4) is 0 Å².